The monoisotopic (exact) mass is 1160 g/mol. The van der Waals surface area contributed by atoms with Crippen LogP contribution in [0.4, 0.5) is 0 Å². The van der Waals surface area contributed by atoms with Gasteiger partial charge in [0.05, 0.1) is 33.2 Å². The van der Waals surface area contributed by atoms with Crippen molar-refractivity contribution in [1.29, 1.82) is 0 Å². The van der Waals surface area contributed by atoms with Gasteiger partial charge in [-0.05, 0) is 164 Å². The SMILES string of the molecule is CC(C)(C)c1cccc(C(C)(C)C)c1-c1cc2c3c(c1)-n1c4ccccc4c4c1c(cc1c5ccccc5n(-c5cc(-c6ccccc6)c(-c6ccccc6)cc5-c5ccccc5)c14)B3c1cc3c(cc1O2)C1(c2ccccc2-c2ccccc21)c1ccccc1-3. The highest BCUT2D eigenvalue weighted by Gasteiger charge is 2.53. The summed E-state index contributed by atoms with van der Waals surface area (Å²) in [5.74, 6) is 1.82. The molecule has 0 N–H and O–H groups in total. The van der Waals surface area contributed by atoms with Gasteiger partial charge in [-0.15, -0.1) is 0 Å². The number of nitrogens with zero attached hydrogens (tertiary/aromatic N) is 2. The van der Waals surface area contributed by atoms with Crippen molar-refractivity contribution in [3.63, 3.8) is 0 Å². The van der Waals surface area contributed by atoms with Gasteiger partial charge in [-0.25, -0.2) is 0 Å². The number of hydrogen-bond acceptors (Lipinski definition) is 1. The van der Waals surface area contributed by atoms with E-state index in [1.807, 2.05) is 0 Å². The van der Waals surface area contributed by atoms with Crippen LogP contribution in [0.25, 0.3) is 122 Å². The summed E-state index contributed by atoms with van der Waals surface area (Å²) < 4.78 is 13.2. The molecule has 0 atom stereocenters. The third-order valence-electron chi connectivity index (χ3n) is 20.8. The molecule has 430 valence electrons. The number of aromatic nitrogens is 2. The smallest absolute Gasteiger partial charge is 0.256 e. The molecule has 13 aromatic carbocycles. The van der Waals surface area contributed by atoms with Crippen LogP contribution in [0.1, 0.15) is 74.9 Å². The molecule has 4 heterocycles. The van der Waals surface area contributed by atoms with Crippen LogP contribution in [0, 0.1) is 0 Å². The Morgan fingerprint density at radius 2 is 0.824 bits per heavy atom. The molecule has 0 saturated heterocycles. The summed E-state index contributed by atoms with van der Waals surface area (Å²) >= 11 is 0. The lowest BCUT2D eigenvalue weighted by Crippen LogP contribution is -2.58. The zero-order chi connectivity index (χ0) is 60.8. The number of fused-ring (bicyclic) bond motifs is 21. The Bertz CT molecular complexity index is 5560. The van der Waals surface area contributed by atoms with Crippen molar-refractivity contribution in [2.75, 3.05) is 0 Å². The van der Waals surface area contributed by atoms with Gasteiger partial charge in [0.25, 0.3) is 6.71 Å². The summed E-state index contributed by atoms with van der Waals surface area (Å²) in [6.07, 6.45) is 0. The molecule has 0 saturated carbocycles. The molecule has 2 aromatic heterocycles. The lowest BCUT2D eigenvalue weighted by molar-refractivity contribution is 0.486. The van der Waals surface area contributed by atoms with E-state index in [0.717, 1.165) is 34.0 Å². The summed E-state index contributed by atoms with van der Waals surface area (Å²) in [5, 5.41) is 4.89. The molecule has 0 unspecified atom stereocenters. The third kappa shape index (κ3) is 7.11. The maximum atomic E-state index is 7.89. The van der Waals surface area contributed by atoms with E-state index in [0.29, 0.717) is 0 Å². The molecule has 91 heavy (non-hydrogen) atoms. The topological polar surface area (TPSA) is 19.1 Å². The fraction of sp³-hybridized carbons (Fsp3) is 0.103. The van der Waals surface area contributed by atoms with E-state index in [1.165, 1.54) is 149 Å². The van der Waals surface area contributed by atoms with Crippen molar-refractivity contribution >= 4 is 66.7 Å². The van der Waals surface area contributed by atoms with Gasteiger partial charge in [0, 0.05) is 32.8 Å². The number of ether oxygens (including phenoxy) is 1. The molecule has 2 aliphatic heterocycles. The van der Waals surface area contributed by atoms with Gasteiger partial charge in [0.2, 0.25) is 0 Å². The standard InChI is InChI=1S/C87H63BN2O/c1-85(2,3)69-41-26-42-70(86(4,5)6)80(69)55-45-77-82-79(46-55)91-78-51-71-64(58-35-18-23-40-68(58)87(71)66-38-21-16-33-56(66)57-34-17-22-39-67(57)87)48-72(78)88(82)73-49-65-59-36-19-24-43-74(59)89(83(65)81-60-37-20-25-44-75(60)90(77)84(73)81)76-50-62(53-29-12-8-13-30-53)61(52-27-10-7-11-28-52)47-63(76)54-31-14-9-15-32-54/h7-51H,1-6H3. The van der Waals surface area contributed by atoms with Gasteiger partial charge in [0.15, 0.2) is 0 Å². The molecule has 15 aromatic rings. The molecule has 19 rings (SSSR count). The number of hydrogen-bond donors (Lipinski definition) is 0. The maximum absolute atomic E-state index is 7.89. The minimum absolute atomic E-state index is 0.158. The van der Waals surface area contributed by atoms with Crippen LogP contribution >= 0.6 is 0 Å². The van der Waals surface area contributed by atoms with E-state index < -0.39 is 5.41 Å². The van der Waals surface area contributed by atoms with Crippen molar-refractivity contribution in [3.05, 3.63) is 306 Å². The molecular weight excluding hydrogens is 1100 g/mol. The van der Waals surface area contributed by atoms with Crippen molar-refractivity contribution in [2.24, 2.45) is 0 Å². The Balaban J connectivity index is 0.975. The van der Waals surface area contributed by atoms with Crippen molar-refractivity contribution in [1.82, 2.24) is 9.13 Å². The number of benzene rings is 13. The van der Waals surface area contributed by atoms with E-state index in [-0.39, 0.29) is 17.5 Å². The Labute approximate surface area is 531 Å². The quantitative estimate of drug-likeness (QED) is 0.157. The highest BCUT2D eigenvalue weighted by molar-refractivity contribution is 6.99. The fourth-order valence-electron chi connectivity index (χ4n) is 17.2. The van der Waals surface area contributed by atoms with Gasteiger partial charge in [0.1, 0.15) is 11.5 Å². The van der Waals surface area contributed by atoms with Gasteiger partial charge < -0.3 is 13.9 Å². The molecule has 0 fully saturated rings. The summed E-state index contributed by atoms with van der Waals surface area (Å²) in [4.78, 5) is 0. The Morgan fingerprint density at radius 3 is 1.42 bits per heavy atom. The molecule has 4 aliphatic rings. The highest BCUT2D eigenvalue weighted by atomic mass is 16.5. The van der Waals surface area contributed by atoms with E-state index in [4.69, 9.17) is 4.74 Å². The average Bonchev–Trinajstić information content (AvgIpc) is 1.54. The first-order valence-corrected chi connectivity index (χ1v) is 32.3. The molecule has 4 heteroatoms. The first-order valence-electron chi connectivity index (χ1n) is 32.3. The second-order valence-electron chi connectivity index (χ2n) is 27.8. The van der Waals surface area contributed by atoms with Crippen molar-refractivity contribution in [2.45, 2.75) is 57.8 Å². The molecular formula is C87H63BN2O. The second kappa shape index (κ2) is 18.7. The van der Waals surface area contributed by atoms with Gasteiger partial charge in [-0.3, -0.25) is 0 Å². The predicted octanol–water partition coefficient (Wildman–Crippen LogP) is 20.4. The second-order valence-corrected chi connectivity index (χ2v) is 27.8. The van der Waals surface area contributed by atoms with Gasteiger partial charge in [-0.1, -0.05) is 272 Å². The summed E-state index contributed by atoms with van der Waals surface area (Å²) in [5.41, 5.74) is 32.4. The minimum Gasteiger partial charge on any atom is -0.458 e. The Hall–Kier alpha value is -10.7. The molecule has 1 spiro atoms. The minimum atomic E-state index is -0.538. The van der Waals surface area contributed by atoms with Crippen LogP contribution < -0.4 is 21.1 Å². The van der Waals surface area contributed by atoms with E-state index >= 15 is 0 Å². The van der Waals surface area contributed by atoms with Gasteiger partial charge >= 0.3 is 0 Å². The largest absolute Gasteiger partial charge is 0.458 e. The summed E-state index contributed by atoms with van der Waals surface area (Å²) in [7, 11) is 0. The van der Waals surface area contributed by atoms with E-state index in [2.05, 4.69) is 324 Å². The molecule has 3 nitrogen and oxygen atoms in total. The maximum Gasteiger partial charge on any atom is 0.256 e. The first-order chi connectivity index (χ1) is 44.4. The van der Waals surface area contributed by atoms with Gasteiger partial charge in [-0.2, -0.15) is 0 Å². The van der Waals surface area contributed by atoms with Crippen LogP contribution in [0.15, 0.2) is 273 Å². The summed E-state index contributed by atoms with van der Waals surface area (Å²) in [6.45, 7) is 14.0. The van der Waals surface area contributed by atoms with Crippen molar-refractivity contribution in [3.8, 4) is 89.6 Å². The highest BCUT2D eigenvalue weighted by Crippen LogP contribution is 2.63. The third-order valence-corrected chi connectivity index (χ3v) is 20.8. The van der Waals surface area contributed by atoms with Crippen LogP contribution in [-0.4, -0.2) is 15.8 Å². The van der Waals surface area contributed by atoms with Crippen LogP contribution in [-0.2, 0) is 16.2 Å². The number of para-hydroxylation sites is 2. The number of rotatable bonds is 5. The lowest BCUT2D eigenvalue weighted by atomic mass is 9.34. The molecule has 0 radical (unpaired) electrons. The predicted molar refractivity (Wildman–Crippen MR) is 382 cm³/mol. The Morgan fingerprint density at radius 1 is 0.330 bits per heavy atom. The van der Waals surface area contributed by atoms with Crippen molar-refractivity contribution < 1.29 is 4.74 Å². The fourth-order valence-corrected chi connectivity index (χ4v) is 17.2. The van der Waals surface area contributed by atoms with Crippen LogP contribution in [0.5, 0.6) is 11.5 Å². The first kappa shape index (κ1) is 52.3. The van der Waals surface area contributed by atoms with Crippen LogP contribution in [0.2, 0.25) is 0 Å². The van der Waals surface area contributed by atoms with E-state index in [9.17, 15) is 0 Å². The molecule has 0 amide bonds. The van der Waals surface area contributed by atoms with Crippen LogP contribution in [0.3, 0.4) is 0 Å². The van der Waals surface area contributed by atoms with E-state index in [1.54, 1.807) is 0 Å². The summed E-state index contributed by atoms with van der Waals surface area (Å²) in [6, 6.07) is 103. The zero-order valence-corrected chi connectivity index (χ0v) is 51.9. The lowest BCUT2D eigenvalue weighted by Gasteiger charge is -2.36. The molecule has 0 bridgehead atoms. The zero-order valence-electron chi connectivity index (χ0n) is 51.9. The normalized spacial score (nSPS) is 13.8. The average molecular weight is 1160 g/mol. The molecule has 2 aliphatic carbocycles. The Kier molecular flexibility index (Phi) is 10.7.